The number of amides is 2. The Morgan fingerprint density at radius 1 is 1.15 bits per heavy atom. The Kier molecular flexibility index (Phi) is 6.79. The maximum atomic E-state index is 14.3. The predicted molar refractivity (Wildman–Crippen MR) is 144 cm³/mol. The number of aromatic nitrogens is 2. The molecule has 208 valence electrons. The lowest BCUT2D eigenvalue weighted by molar-refractivity contribution is -0.120. The number of nitrogens with zero attached hydrogens (tertiary/aromatic N) is 4. The predicted octanol–water partition coefficient (Wildman–Crippen LogP) is 3.85. The molecule has 40 heavy (non-hydrogen) atoms. The minimum absolute atomic E-state index is 0.0640. The van der Waals surface area contributed by atoms with E-state index in [0.29, 0.717) is 16.9 Å². The molecule has 6 rings (SSSR count). The van der Waals surface area contributed by atoms with Crippen LogP contribution < -0.4 is 19.9 Å². The maximum absolute atomic E-state index is 14.3. The summed E-state index contributed by atoms with van der Waals surface area (Å²) in [6, 6.07) is 7.50. The largest absolute Gasteiger partial charge is 0.489 e. The minimum Gasteiger partial charge on any atom is -0.489 e. The van der Waals surface area contributed by atoms with Crippen molar-refractivity contribution in [2.45, 2.75) is 18.9 Å². The van der Waals surface area contributed by atoms with Gasteiger partial charge in [-0.1, -0.05) is 11.6 Å². The van der Waals surface area contributed by atoms with Crippen molar-refractivity contribution in [3.05, 3.63) is 65.1 Å². The van der Waals surface area contributed by atoms with Gasteiger partial charge >= 0.3 is 0 Å². The van der Waals surface area contributed by atoms with Gasteiger partial charge in [-0.3, -0.25) is 9.59 Å². The van der Waals surface area contributed by atoms with Crippen LogP contribution in [0.2, 0.25) is 5.02 Å². The van der Waals surface area contributed by atoms with Crippen molar-refractivity contribution < 1.29 is 27.8 Å². The van der Waals surface area contributed by atoms with E-state index in [1.54, 1.807) is 7.05 Å². The second kappa shape index (κ2) is 10.3. The van der Waals surface area contributed by atoms with Crippen LogP contribution in [0, 0.1) is 17.0 Å². The molecule has 12 heteroatoms. The summed E-state index contributed by atoms with van der Waals surface area (Å²) in [5.41, 5.74) is 1.52. The molecule has 0 saturated carbocycles. The Hall–Kier alpha value is -3.83. The molecule has 3 aromatic rings. The van der Waals surface area contributed by atoms with Crippen molar-refractivity contribution in [3.63, 3.8) is 0 Å². The monoisotopic (exact) mass is 569 g/mol. The van der Waals surface area contributed by atoms with E-state index in [9.17, 15) is 18.4 Å². The molecule has 2 fully saturated rings. The van der Waals surface area contributed by atoms with Crippen LogP contribution >= 0.6 is 11.6 Å². The summed E-state index contributed by atoms with van der Waals surface area (Å²) >= 11 is 6.12. The summed E-state index contributed by atoms with van der Waals surface area (Å²) in [4.78, 5) is 38.1. The van der Waals surface area contributed by atoms with Crippen molar-refractivity contribution in [1.82, 2.24) is 15.3 Å². The fraction of sp³-hybridized carbons (Fsp3) is 0.357. The SMILES string of the molecule is CN1C(=O)[C@@H](NC(=O)c2ncc(Cl)c(-c3cc(F)ccc3F)n2)COc2ccc(N3CC4(CCOCC4)C3)cc21. The zero-order valence-corrected chi connectivity index (χ0v) is 22.4. The molecule has 1 N–H and O–H groups in total. The Morgan fingerprint density at radius 2 is 1.93 bits per heavy atom. The quantitative estimate of drug-likeness (QED) is 0.510. The highest BCUT2D eigenvalue weighted by Gasteiger charge is 2.44. The number of hydrogen-bond donors (Lipinski definition) is 1. The van der Waals surface area contributed by atoms with Gasteiger partial charge in [0, 0.05) is 50.0 Å². The van der Waals surface area contributed by atoms with Gasteiger partial charge in [-0.05, 0) is 49.2 Å². The van der Waals surface area contributed by atoms with Crippen LogP contribution in [-0.4, -0.2) is 67.8 Å². The van der Waals surface area contributed by atoms with E-state index >= 15 is 0 Å². The number of anilines is 2. The van der Waals surface area contributed by atoms with Crippen LogP contribution in [0.1, 0.15) is 23.5 Å². The number of carbonyl (C=O) groups is 2. The number of carbonyl (C=O) groups excluding carboxylic acids is 2. The highest BCUT2D eigenvalue weighted by Crippen LogP contribution is 2.44. The first-order valence-electron chi connectivity index (χ1n) is 12.9. The second-order valence-electron chi connectivity index (χ2n) is 10.4. The van der Waals surface area contributed by atoms with Crippen molar-refractivity contribution in [1.29, 1.82) is 0 Å². The third-order valence-electron chi connectivity index (χ3n) is 7.75. The lowest BCUT2D eigenvalue weighted by atomic mass is 9.73. The molecule has 3 aliphatic rings. The zero-order valence-electron chi connectivity index (χ0n) is 21.6. The number of benzene rings is 2. The summed E-state index contributed by atoms with van der Waals surface area (Å²) in [6.45, 7) is 3.34. The molecule has 3 aliphatic heterocycles. The summed E-state index contributed by atoms with van der Waals surface area (Å²) in [5, 5.41) is 2.54. The highest BCUT2D eigenvalue weighted by atomic mass is 35.5. The lowest BCUT2D eigenvalue weighted by Gasteiger charge is -2.53. The summed E-state index contributed by atoms with van der Waals surface area (Å²) in [6.07, 6.45) is 3.22. The topological polar surface area (TPSA) is 96.9 Å². The number of rotatable bonds is 4. The number of likely N-dealkylation sites (N-methyl/N-ethyl adjacent to an activating group) is 1. The van der Waals surface area contributed by atoms with Gasteiger partial charge in [-0.25, -0.2) is 18.7 Å². The molecular formula is C28H26ClF2N5O4. The Bertz CT molecular complexity index is 1490. The average Bonchev–Trinajstić information content (AvgIpc) is 3.05. The molecule has 2 aromatic carbocycles. The number of ether oxygens (including phenoxy) is 2. The third-order valence-corrected chi connectivity index (χ3v) is 8.02. The van der Waals surface area contributed by atoms with Crippen molar-refractivity contribution in [2.24, 2.45) is 5.41 Å². The number of nitrogens with one attached hydrogen (secondary N) is 1. The van der Waals surface area contributed by atoms with Crippen LogP contribution in [0.4, 0.5) is 20.2 Å². The zero-order chi connectivity index (χ0) is 28.0. The highest BCUT2D eigenvalue weighted by molar-refractivity contribution is 6.33. The van der Waals surface area contributed by atoms with Gasteiger partial charge in [-0.15, -0.1) is 0 Å². The first-order valence-corrected chi connectivity index (χ1v) is 13.3. The van der Waals surface area contributed by atoms with Gasteiger partial charge in [0.1, 0.15) is 30.0 Å². The standard InChI is InChI=1S/C28H26ClF2N5O4/c1-35-22-11-17(36-14-28(15-36)6-8-39-9-7-28)3-5-23(22)40-13-21(27(35)38)33-26(37)25-32-12-19(29)24(34-25)18-10-16(30)2-4-20(18)31/h2-5,10-12,21H,6-9,13-15H2,1H3,(H,33,37)/t21-/m0/s1. The number of hydrogen-bond acceptors (Lipinski definition) is 7. The average molecular weight is 570 g/mol. The first-order chi connectivity index (χ1) is 19.2. The van der Waals surface area contributed by atoms with Crippen LogP contribution in [0.15, 0.2) is 42.6 Å². The maximum Gasteiger partial charge on any atom is 0.289 e. The van der Waals surface area contributed by atoms with Gasteiger partial charge in [0.25, 0.3) is 11.8 Å². The fourth-order valence-corrected chi connectivity index (χ4v) is 5.61. The number of fused-ring (bicyclic) bond motifs is 1. The van der Waals surface area contributed by atoms with Crippen molar-refractivity contribution in [3.8, 4) is 17.0 Å². The van der Waals surface area contributed by atoms with Crippen LogP contribution in [0.25, 0.3) is 11.3 Å². The summed E-state index contributed by atoms with van der Waals surface area (Å²) < 4.78 is 39.5. The van der Waals surface area contributed by atoms with Gasteiger partial charge < -0.3 is 24.6 Å². The molecule has 0 aliphatic carbocycles. The molecule has 2 amide bonds. The van der Waals surface area contributed by atoms with Gasteiger partial charge in [0.2, 0.25) is 5.82 Å². The van der Waals surface area contributed by atoms with E-state index in [1.165, 1.54) is 4.90 Å². The van der Waals surface area contributed by atoms with Gasteiger partial charge in [0.15, 0.2) is 0 Å². The van der Waals surface area contributed by atoms with E-state index < -0.39 is 23.6 Å². The molecule has 1 spiro atoms. The minimum atomic E-state index is -1.04. The first kappa shape index (κ1) is 26.4. The van der Waals surface area contributed by atoms with Crippen LogP contribution in [-0.2, 0) is 9.53 Å². The Labute approximate surface area is 234 Å². The van der Waals surface area contributed by atoms with Crippen LogP contribution in [0.3, 0.4) is 0 Å². The Balaban J connectivity index is 1.18. The normalized spacial score (nSPS) is 19.9. The lowest BCUT2D eigenvalue weighted by Crippen LogP contribution is -2.58. The van der Waals surface area contributed by atoms with E-state index in [-0.39, 0.29) is 34.6 Å². The molecule has 2 saturated heterocycles. The van der Waals surface area contributed by atoms with E-state index in [4.69, 9.17) is 21.1 Å². The summed E-state index contributed by atoms with van der Waals surface area (Å²) in [7, 11) is 1.62. The van der Waals surface area contributed by atoms with Gasteiger partial charge in [-0.2, -0.15) is 0 Å². The third kappa shape index (κ3) is 4.84. The molecule has 1 aromatic heterocycles. The summed E-state index contributed by atoms with van der Waals surface area (Å²) in [5.74, 6) is -2.48. The molecular weight excluding hydrogens is 544 g/mol. The molecule has 1 atom stereocenters. The molecule has 9 nitrogen and oxygen atoms in total. The molecule has 0 radical (unpaired) electrons. The van der Waals surface area contributed by atoms with E-state index in [2.05, 4.69) is 20.2 Å². The molecule has 0 unspecified atom stereocenters. The Morgan fingerprint density at radius 3 is 2.70 bits per heavy atom. The molecule has 0 bridgehead atoms. The van der Waals surface area contributed by atoms with Crippen molar-refractivity contribution >= 4 is 34.8 Å². The van der Waals surface area contributed by atoms with Crippen LogP contribution in [0.5, 0.6) is 5.75 Å². The van der Waals surface area contributed by atoms with Gasteiger partial charge in [0.05, 0.1) is 22.6 Å². The van der Waals surface area contributed by atoms with E-state index in [1.807, 2.05) is 18.2 Å². The smallest absolute Gasteiger partial charge is 0.289 e. The fourth-order valence-electron chi connectivity index (χ4n) is 5.42. The molecule has 4 heterocycles. The van der Waals surface area contributed by atoms with E-state index in [0.717, 1.165) is 69.2 Å². The number of halogens is 3. The second-order valence-corrected chi connectivity index (χ2v) is 10.8. The van der Waals surface area contributed by atoms with Crippen molar-refractivity contribution in [2.75, 3.05) is 49.8 Å².